The summed E-state index contributed by atoms with van der Waals surface area (Å²) in [6, 6.07) is 16.7. The van der Waals surface area contributed by atoms with E-state index >= 15 is 0 Å². The summed E-state index contributed by atoms with van der Waals surface area (Å²) in [6.07, 6.45) is 2.25. The summed E-state index contributed by atoms with van der Waals surface area (Å²) < 4.78 is 20.3. The van der Waals surface area contributed by atoms with Crippen molar-refractivity contribution in [2.45, 2.75) is 39.2 Å². The fourth-order valence-corrected chi connectivity index (χ4v) is 4.74. The number of hydrogen-bond donors (Lipinski definition) is 2. The number of anilines is 2. The van der Waals surface area contributed by atoms with E-state index in [4.69, 9.17) is 21.4 Å². The van der Waals surface area contributed by atoms with Crippen molar-refractivity contribution in [3.63, 3.8) is 0 Å². The van der Waals surface area contributed by atoms with E-state index in [0.717, 1.165) is 31.5 Å². The largest absolute Gasteiger partial charge is 0.490 e. The number of para-hydroxylation sites is 1. The van der Waals surface area contributed by atoms with Crippen LogP contribution in [0.5, 0.6) is 5.75 Å². The maximum Gasteiger partial charge on any atom is 0.303 e. The van der Waals surface area contributed by atoms with Crippen LogP contribution >= 0.6 is 11.6 Å². The first-order valence-corrected chi connectivity index (χ1v) is 12.3. The number of carboxylic acid groups (broad SMARTS) is 1. The Kier molecular flexibility index (Phi) is 8.13. The standard InChI is InChI=1S/C28H30ClFN2O3/c1-19-22(18-31-23-12-10-20(25(30)17-23)11-13-27(33)34)9-8-21-5-4-14-32(28(19)21)15-16-35-26-7-3-2-6-24(26)29/h2-3,6-10,12,17,31H,4-5,11,13-16,18H2,1H3,(H,33,34). The van der Waals surface area contributed by atoms with Crippen LogP contribution in [0.2, 0.25) is 5.02 Å². The molecule has 7 heteroatoms. The molecule has 0 spiro atoms. The zero-order chi connectivity index (χ0) is 24.8. The molecule has 0 atom stereocenters. The van der Waals surface area contributed by atoms with Crippen LogP contribution < -0.4 is 15.0 Å². The Hall–Kier alpha value is -3.25. The number of nitrogens with zero attached hydrogens (tertiary/aromatic N) is 1. The molecule has 0 aliphatic carbocycles. The molecule has 0 bridgehead atoms. The van der Waals surface area contributed by atoms with Crippen LogP contribution in [-0.2, 0) is 24.2 Å². The van der Waals surface area contributed by atoms with Crippen molar-refractivity contribution in [3.8, 4) is 5.75 Å². The molecule has 1 heterocycles. The number of aliphatic carboxylic acids is 1. The SMILES string of the molecule is Cc1c(CNc2ccc(CCC(=O)O)c(F)c2)ccc2c1N(CCOc1ccccc1Cl)CCC2. The first kappa shape index (κ1) is 24.9. The lowest BCUT2D eigenvalue weighted by Gasteiger charge is -2.33. The zero-order valence-electron chi connectivity index (χ0n) is 19.8. The smallest absolute Gasteiger partial charge is 0.303 e. The molecule has 5 nitrogen and oxygen atoms in total. The number of benzene rings is 3. The molecule has 1 aliphatic heterocycles. The molecule has 0 fully saturated rings. The summed E-state index contributed by atoms with van der Waals surface area (Å²) in [6.45, 7) is 4.98. The molecule has 0 saturated heterocycles. The van der Waals surface area contributed by atoms with Crippen LogP contribution in [0.4, 0.5) is 15.8 Å². The van der Waals surface area contributed by atoms with Crippen molar-refractivity contribution in [1.29, 1.82) is 0 Å². The van der Waals surface area contributed by atoms with E-state index in [-0.39, 0.29) is 18.7 Å². The van der Waals surface area contributed by atoms with Gasteiger partial charge in [-0.15, -0.1) is 0 Å². The van der Waals surface area contributed by atoms with Gasteiger partial charge in [0.25, 0.3) is 0 Å². The van der Waals surface area contributed by atoms with Crippen molar-refractivity contribution in [3.05, 3.63) is 87.7 Å². The second kappa shape index (κ2) is 11.5. The van der Waals surface area contributed by atoms with Gasteiger partial charge in [-0.1, -0.05) is 41.9 Å². The molecule has 35 heavy (non-hydrogen) atoms. The van der Waals surface area contributed by atoms with Gasteiger partial charge in [0.2, 0.25) is 0 Å². The van der Waals surface area contributed by atoms with E-state index in [1.807, 2.05) is 24.3 Å². The number of nitrogens with one attached hydrogen (secondary N) is 1. The predicted octanol–water partition coefficient (Wildman–Crippen LogP) is 6.25. The van der Waals surface area contributed by atoms with Gasteiger partial charge in [0, 0.05) is 30.9 Å². The number of carboxylic acids is 1. The van der Waals surface area contributed by atoms with Gasteiger partial charge in [0.1, 0.15) is 18.2 Å². The molecular weight excluding hydrogens is 467 g/mol. The number of ether oxygens (including phenoxy) is 1. The Balaban J connectivity index is 1.42. The number of fused-ring (bicyclic) bond motifs is 1. The molecule has 1 aliphatic rings. The van der Waals surface area contributed by atoms with E-state index < -0.39 is 5.97 Å². The highest BCUT2D eigenvalue weighted by Crippen LogP contribution is 2.33. The van der Waals surface area contributed by atoms with Gasteiger partial charge in [-0.25, -0.2) is 4.39 Å². The Morgan fingerprint density at radius 3 is 2.74 bits per heavy atom. The first-order chi connectivity index (χ1) is 16.9. The summed E-state index contributed by atoms with van der Waals surface area (Å²) in [5, 5.41) is 12.7. The molecule has 0 radical (unpaired) electrons. The molecule has 4 rings (SSSR count). The van der Waals surface area contributed by atoms with Gasteiger partial charge in [-0.2, -0.15) is 0 Å². The summed E-state index contributed by atoms with van der Waals surface area (Å²) in [5.74, 6) is -0.621. The van der Waals surface area contributed by atoms with Crippen molar-refractivity contribution < 1.29 is 19.0 Å². The number of carbonyl (C=O) groups is 1. The number of rotatable bonds is 10. The van der Waals surface area contributed by atoms with Gasteiger partial charge >= 0.3 is 5.97 Å². The normalized spacial score (nSPS) is 12.8. The number of hydrogen-bond acceptors (Lipinski definition) is 4. The second-order valence-electron chi connectivity index (χ2n) is 8.78. The van der Waals surface area contributed by atoms with Gasteiger partial charge in [-0.05, 0) is 72.7 Å². The van der Waals surface area contributed by atoms with Crippen LogP contribution in [0.15, 0.2) is 54.6 Å². The fraction of sp³-hybridized carbons (Fsp3) is 0.321. The highest BCUT2D eigenvalue weighted by molar-refractivity contribution is 6.32. The third-order valence-corrected chi connectivity index (χ3v) is 6.73. The monoisotopic (exact) mass is 496 g/mol. The lowest BCUT2D eigenvalue weighted by atomic mass is 9.94. The highest BCUT2D eigenvalue weighted by atomic mass is 35.5. The second-order valence-corrected chi connectivity index (χ2v) is 9.19. The molecule has 3 aromatic carbocycles. The van der Waals surface area contributed by atoms with Gasteiger partial charge < -0.3 is 20.1 Å². The summed E-state index contributed by atoms with van der Waals surface area (Å²) in [5.41, 5.74) is 6.04. The summed E-state index contributed by atoms with van der Waals surface area (Å²) in [7, 11) is 0. The number of halogens is 2. The predicted molar refractivity (Wildman–Crippen MR) is 138 cm³/mol. The minimum atomic E-state index is -0.932. The van der Waals surface area contributed by atoms with Crippen LogP contribution in [0.3, 0.4) is 0 Å². The molecule has 0 amide bonds. The minimum Gasteiger partial charge on any atom is -0.490 e. The molecular formula is C28H30ClFN2O3. The molecule has 0 unspecified atom stereocenters. The van der Waals surface area contributed by atoms with Gasteiger partial charge in [0.15, 0.2) is 0 Å². The maximum atomic E-state index is 14.4. The van der Waals surface area contributed by atoms with Crippen LogP contribution in [0.1, 0.15) is 35.1 Å². The summed E-state index contributed by atoms with van der Waals surface area (Å²) >= 11 is 6.21. The van der Waals surface area contributed by atoms with E-state index in [0.29, 0.717) is 35.2 Å². The fourth-order valence-electron chi connectivity index (χ4n) is 4.55. The Morgan fingerprint density at radius 1 is 1.17 bits per heavy atom. The van der Waals surface area contributed by atoms with Crippen LogP contribution in [0, 0.1) is 12.7 Å². The van der Waals surface area contributed by atoms with Crippen molar-refractivity contribution in [2.75, 3.05) is 29.9 Å². The molecule has 0 aromatic heterocycles. The minimum absolute atomic E-state index is 0.0854. The Bertz CT molecular complexity index is 1200. The van der Waals surface area contributed by atoms with E-state index in [1.54, 1.807) is 12.1 Å². The molecule has 0 saturated carbocycles. The highest BCUT2D eigenvalue weighted by Gasteiger charge is 2.20. The maximum absolute atomic E-state index is 14.4. The van der Waals surface area contributed by atoms with Crippen molar-refractivity contribution in [2.24, 2.45) is 0 Å². The lowest BCUT2D eigenvalue weighted by Crippen LogP contribution is -2.34. The van der Waals surface area contributed by atoms with Gasteiger partial charge in [0.05, 0.1) is 11.6 Å². The average Bonchev–Trinajstić information content (AvgIpc) is 2.84. The van der Waals surface area contributed by atoms with Crippen LogP contribution in [0.25, 0.3) is 0 Å². The summed E-state index contributed by atoms with van der Waals surface area (Å²) in [4.78, 5) is 13.1. The van der Waals surface area contributed by atoms with Crippen LogP contribution in [-0.4, -0.2) is 30.8 Å². The topological polar surface area (TPSA) is 61.8 Å². The van der Waals surface area contributed by atoms with Crippen molar-refractivity contribution in [1.82, 2.24) is 0 Å². The van der Waals surface area contributed by atoms with E-state index in [2.05, 4.69) is 29.3 Å². The third kappa shape index (κ3) is 6.25. The van der Waals surface area contributed by atoms with E-state index in [9.17, 15) is 9.18 Å². The first-order valence-electron chi connectivity index (χ1n) is 11.9. The quantitative estimate of drug-likeness (QED) is 0.347. The Labute approximate surface area is 210 Å². The molecule has 184 valence electrons. The van der Waals surface area contributed by atoms with Crippen molar-refractivity contribution >= 4 is 28.9 Å². The third-order valence-electron chi connectivity index (χ3n) is 6.42. The number of aryl methyl sites for hydroxylation is 2. The van der Waals surface area contributed by atoms with Gasteiger partial charge in [-0.3, -0.25) is 4.79 Å². The molecule has 3 aromatic rings. The molecule has 2 N–H and O–H groups in total. The average molecular weight is 497 g/mol. The van der Waals surface area contributed by atoms with E-state index in [1.165, 1.54) is 22.9 Å². The lowest BCUT2D eigenvalue weighted by molar-refractivity contribution is -0.136. The Morgan fingerprint density at radius 2 is 1.97 bits per heavy atom. The zero-order valence-corrected chi connectivity index (χ0v) is 20.6.